The number of hydrogen-bond acceptors (Lipinski definition) is 3. The van der Waals surface area contributed by atoms with Crippen molar-refractivity contribution in [1.82, 2.24) is 9.78 Å². The summed E-state index contributed by atoms with van der Waals surface area (Å²) in [6, 6.07) is 11.7. The van der Waals surface area contributed by atoms with Gasteiger partial charge in [-0.1, -0.05) is 18.2 Å². The number of nitrogens with two attached hydrogens (primary N) is 1. The van der Waals surface area contributed by atoms with Crippen molar-refractivity contribution in [2.24, 2.45) is 5.73 Å². The summed E-state index contributed by atoms with van der Waals surface area (Å²) in [5.74, 6) is 0.838. The summed E-state index contributed by atoms with van der Waals surface area (Å²) in [6.45, 7) is 0.749. The monoisotopic (exact) mass is 255 g/mol. The molecule has 4 nitrogen and oxygen atoms in total. The third-order valence-corrected chi connectivity index (χ3v) is 3.22. The molecule has 1 aromatic heterocycles. The summed E-state index contributed by atoms with van der Waals surface area (Å²) in [5.41, 5.74) is 8.05. The minimum Gasteiger partial charge on any atom is -0.496 e. The maximum absolute atomic E-state index is 6.19. The average Bonchev–Trinajstić information content (AvgIpc) is 2.98. The average molecular weight is 255 g/mol. The predicted molar refractivity (Wildman–Crippen MR) is 73.8 cm³/mol. The summed E-state index contributed by atoms with van der Waals surface area (Å²) in [5, 5.41) is 4.53. The van der Waals surface area contributed by atoms with Crippen LogP contribution in [0.2, 0.25) is 0 Å². The van der Waals surface area contributed by atoms with Gasteiger partial charge in [0.1, 0.15) is 11.8 Å². The fraction of sp³-hybridized carbons (Fsp3) is 0.267. The lowest BCUT2D eigenvalue weighted by Gasteiger charge is -2.19. The lowest BCUT2D eigenvalue weighted by molar-refractivity contribution is 0.175. The van der Waals surface area contributed by atoms with Crippen molar-refractivity contribution in [2.75, 3.05) is 6.61 Å². The Morgan fingerprint density at radius 1 is 1.21 bits per heavy atom. The van der Waals surface area contributed by atoms with Crippen molar-refractivity contribution >= 4 is 0 Å². The van der Waals surface area contributed by atoms with E-state index in [4.69, 9.17) is 10.5 Å². The van der Waals surface area contributed by atoms with Crippen LogP contribution in [0, 0.1) is 0 Å². The van der Waals surface area contributed by atoms with Gasteiger partial charge in [-0.3, -0.25) is 0 Å². The van der Waals surface area contributed by atoms with Crippen LogP contribution >= 0.6 is 0 Å². The number of aromatic nitrogens is 2. The third kappa shape index (κ3) is 2.53. The van der Waals surface area contributed by atoms with Gasteiger partial charge in [-0.05, 0) is 37.1 Å². The quantitative estimate of drug-likeness (QED) is 0.917. The molecule has 3 rings (SSSR count). The van der Waals surface area contributed by atoms with Gasteiger partial charge in [0.15, 0.2) is 0 Å². The van der Waals surface area contributed by atoms with Crippen LogP contribution in [0.3, 0.4) is 0 Å². The van der Waals surface area contributed by atoms with E-state index < -0.39 is 0 Å². The standard InChI is InChI=1S/C15H17N3O/c16-15(14-8-4-5-11-19-14)13-9-10-18(17-13)12-6-2-1-3-7-12/h1-3,6-10,15H,4-5,11,16H2. The molecule has 0 saturated carbocycles. The molecule has 2 aromatic rings. The fourth-order valence-corrected chi connectivity index (χ4v) is 2.17. The zero-order valence-corrected chi connectivity index (χ0v) is 10.7. The van der Waals surface area contributed by atoms with E-state index in [1.54, 1.807) is 0 Å². The van der Waals surface area contributed by atoms with E-state index in [0.29, 0.717) is 0 Å². The Kier molecular flexibility index (Phi) is 3.33. The first-order valence-corrected chi connectivity index (χ1v) is 6.54. The topological polar surface area (TPSA) is 53.1 Å². The highest BCUT2D eigenvalue weighted by Gasteiger charge is 2.18. The SMILES string of the molecule is NC(C1=CCCCO1)c1ccn(-c2ccccc2)n1. The molecule has 0 aliphatic carbocycles. The highest BCUT2D eigenvalue weighted by molar-refractivity contribution is 5.31. The van der Waals surface area contributed by atoms with E-state index in [2.05, 4.69) is 11.2 Å². The van der Waals surface area contributed by atoms with E-state index in [0.717, 1.165) is 36.6 Å². The molecule has 2 heterocycles. The minimum atomic E-state index is -0.273. The van der Waals surface area contributed by atoms with Crippen molar-refractivity contribution in [2.45, 2.75) is 18.9 Å². The predicted octanol–water partition coefficient (Wildman–Crippen LogP) is 2.57. The van der Waals surface area contributed by atoms with Gasteiger partial charge in [0.05, 0.1) is 18.0 Å². The Morgan fingerprint density at radius 2 is 2.05 bits per heavy atom. The van der Waals surface area contributed by atoms with Crippen molar-refractivity contribution in [3.8, 4) is 5.69 Å². The first-order chi connectivity index (χ1) is 9.34. The van der Waals surface area contributed by atoms with Gasteiger partial charge in [-0.25, -0.2) is 4.68 Å². The van der Waals surface area contributed by atoms with Crippen LogP contribution in [0.4, 0.5) is 0 Å². The molecular weight excluding hydrogens is 238 g/mol. The smallest absolute Gasteiger partial charge is 0.115 e. The highest BCUT2D eigenvalue weighted by atomic mass is 16.5. The normalized spacial score (nSPS) is 16.6. The van der Waals surface area contributed by atoms with E-state index in [1.165, 1.54) is 0 Å². The Hall–Kier alpha value is -2.07. The van der Waals surface area contributed by atoms with Crippen molar-refractivity contribution in [3.63, 3.8) is 0 Å². The molecule has 0 saturated heterocycles. The molecule has 4 heteroatoms. The molecule has 0 spiro atoms. The number of hydrogen-bond donors (Lipinski definition) is 1. The largest absolute Gasteiger partial charge is 0.496 e. The molecule has 98 valence electrons. The van der Waals surface area contributed by atoms with Gasteiger partial charge in [0.25, 0.3) is 0 Å². The van der Waals surface area contributed by atoms with E-state index in [1.807, 2.05) is 47.3 Å². The first-order valence-electron chi connectivity index (χ1n) is 6.54. The van der Waals surface area contributed by atoms with Gasteiger partial charge in [-0.2, -0.15) is 5.10 Å². The van der Waals surface area contributed by atoms with Crippen LogP contribution in [-0.4, -0.2) is 16.4 Å². The molecule has 0 fully saturated rings. The molecule has 19 heavy (non-hydrogen) atoms. The summed E-state index contributed by atoms with van der Waals surface area (Å²) >= 11 is 0. The molecule has 0 amide bonds. The summed E-state index contributed by atoms with van der Waals surface area (Å²) in [4.78, 5) is 0. The van der Waals surface area contributed by atoms with E-state index >= 15 is 0 Å². The number of ether oxygens (including phenoxy) is 1. The lowest BCUT2D eigenvalue weighted by Crippen LogP contribution is -2.18. The van der Waals surface area contributed by atoms with Crippen molar-refractivity contribution in [1.29, 1.82) is 0 Å². The summed E-state index contributed by atoms with van der Waals surface area (Å²) < 4.78 is 7.43. The zero-order valence-electron chi connectivity index (χ0n) is 10.7. The first kappa shape index (κ1) is 12.0. The Morgan fingerprint density at radius 3 is 2.79 bits per heavy atom. The van der Waals surface area contributed by atoms with Crippen LogP contribution in [0.15, 0.2) is 54.4 Å². The van der Waals surface area contributed by atoms with Crippen LogP contribution in [-0.2, 0) is 4.74 Å². The zero-order chi connectivity index (χ0) is 13.1. The Bertz CT molecular complexity index is 574. The Labute approximate surface area is 112 Å². The number of nitrogens with zero attached hydrogens (tertiary/aromatic N) is 2. The molecule has 2 N–H and O–H groups in total. The number of benzene rings is 1. The molecule has 0 bridgehead atoms. The third-order valence-electron chi connectivity index (χ3n) is 3.22. The van der Waals surface area contributed by atoms with Crippen LogP contribution < -0.4 is 5.73 Å². The van der Waals surface area contributed by atoms with Gasteiger partial charge in [0, 0.05) is 6.20 Å². The highest BCUT2D eigenvalue weighted by Crippen LogP contribution is 2.23. The second kappa shape index (κ2) is 5.28. The van der Waals surface area contributed by atoms with Gasteiger partial charge < -0.3 is 10.5 Å². The summed E-state index contributed by atoms with van der Waals surface area (Å²) in [7, 11) is 0. The van der Waals surface area contributed by atoms with Gasteiger partial charge in [0.2, 0.25) is 0 Å². The maximum atomic E-state index is 6.19. The molecule has 1 aliphatic heterocycles. The second-order valence-corrected chi connectivity index (χ2v) is 4.60. The molecular formula is C15H17N3O. The Balaban J connectivity index is 1.83. The molecule has 0 radical (unpaired) electrons. The van der Waals surface area contributed by atoms with Crippen LogP contribution in [0.1, 0.15) is 24.6 Å². The van der Waals surface area contributed by atoms with E-state index in [-0.39, 0.29) is 6.04 Å². The summed E-state index contributed by atoms with van der Waals surface area (Å²) in [6.07, 6.45) is 6.08. The maximum Gasteiger partial charge on any atom is 0.115 e. The number of allylic oxidation sites excluding steroid dienone is 1. The van der Waals surface area contributed by atoms with Crippen LogP contribution in [0.5, 0.6) is 0 Å². The molecule has 1 aromatic carbocycles. The molecule has 1 unspecified atom stereocenters. The molecule has 1 aliphatic rings. The van der Waals surface area contributed by atoms with Gasteiger partial charge in [-0.15, -0.1) is 0 Å². The van der Waals surface area contributed by atoms with Crippen molar-refractivity contribution < 1.29 is 4.74 Å². The second-order valence-electron chi connectivity index (χ2n) is 4.60. The van der Waals surface area contributed by atoms with Crippen LogP contribution in [0.25, 0.3) is 5.69 Å². The lowest BCUT2D eigenvalue weighted by atomic mass is 10.1. The fourth-order valence-electron chi connectivity index (χ4n) is 2.17. The molecule has 1 atom stereocenters. The van der Waals surface area contributed by atoms with E-state index in [9.17, 15) is 0 Å². The van der Waals surface area contributed by atoms with Crippen molar-refractivity contribution in [3.05, 3.63) is 60.1 Å². The van der Waals surface area contributed by atoms with Gasteiger partial charge >= 0.3 is 0 Å². The number of para-hydroxylation sites is 1. The minimum absolute atomic E-state index is 0.273. The number of rotatable bonds is 3.